The Bertz CT molecular complexity index is 213. The SMILES string of the molecule is CCN1CCC(CC(=O)O)C(C)(C)C1. The minimum absolute atomic E-state index is 0.145. The van der Waals surface area contributed by atoms with E-state index in [9.17, 15) is 4.79 Å². The minimum atomic E-state index is -0.659. The molecule has 1 heterocycles. The second-order valence-electron chi connectivity index (χ2n) is 4.94. The lowest BCUT2D eigenvalue weighted by molar-refractivity contribution is -0.140. The van der Waals surface area contributed by atoms with Crippen LogP contribution < -0.4 is 0 Å². The number of carboxylic acid groups (broad SMARTS) is 1. The van der Waals surface area contributed by atoms with E-state index in [1.807, 2.05) is 0 Å². The van der Waals surface area contributed by atoms with Gasteiger partial charge in [-0.25, -0.2) is 0 Å². The number of piperidine rings is 1. The number of carboxylic acids is 1. The van der Waals surface area contributed by atoms with Crippen molar-refractivity contribution < 1.29 is 9.90 Å². The van der Waals surface area contributed by atoms with E-state index in [0.29, 0.717) is 12.3 Å². The van der Waals surface area contributed by atoms with Crippen LogP contribution in [0.4, 0.5) is 0 Å². The zero-order chi connectivity index (χ0) is 10.8. The Balaban J connectivity index is 2.58. The summed E-state index contributed by atoms with van der Waals surface area (Å²) >= 11 is 0. The molecule has 0 radical (unpaired) electrons. The van der Waals surface area contributed by atoms with Crippen molar-refractivity contribution >= 4 is 5.97 Å². The molecule has 1 N–H and O–H groups in total. The molecule has 1 atom stereocenters. The van der Waals surface area contributed by atoms with E-state index >= 15 is 0 Å². The van der Waals surface area contributed by atoms with Gasteiger partial charge >= 0.3 is 5.97 Å². The van der Waals surface area contributed by atoms with Gasteiger partial charge in [0.15, 0.2) is 0 Å². The fourth-order valence-electron chi connectivity index (χ4n) is 2.37. The molecule has 0 aromatic heterocycles. The lowest BCUT2D eigenvalue weighted by Gasteiger charge is -2.43. The smallest absolute Gasteiger partial charge is 0.303 e. The molecule has 1 rings (SSSR count). The third-order valence-electron chi connectivity index (χ3n) is 3.40. The molecule has 0 bridgehead atoms. The summed E-state index contributed by atoms with van der Waals surface area (Å²) in [6.45, 7) is 9.68. The number of likely N-dealkylation sites (tertiary alicyclic amines) is 1. The van der Waals surface area contributed by atoms with Gasteiger partial charge in [0.2, 0.25) is 0 Å². The van der Waals surface area contributed by atoms with Crippen LogP contribution >= 0.6 is 0 Å². The van der Waals surface area contributed by atoms with Crippen LogP contribution in [0, 0.1) is 11.3 Å². The first-order valence-corrected chi connectivity index (χ1v) is 5.40. The molecule has 1 fully saturated rings. The van der Waals surface area contributed by atoms with Crippen molar-refractivity contribution in [1.29, 1.82) is 0 Å². The van der Waals surface area contributed by atoms with Crippen molar-refractivity contribution in [1.82, 2.24) is 4.90 Å². The Kier molecular flexibility index (Phi) is 3.53. The topological polar surface area (TPSA) is 40.5 Å². The molecule has 0 aromatic carbocycles. The molecule has 0 aliphatic carbocycles. The Labute approximate surface area is 86.1 Å². The highest BCUT2D eigenvalue weighted by atomic mass is 16.4. The summed E-state index contributed by atoms with van der Waals surface area (Å²) in [4.78, 5) is 13.1. The Morgan fingerprint density at radius 1 is 1.57 bits per heavy atom. The van der Waals surface area contributed by atoms with Crippen LogP contribution in [0.15, 0.2) is 0 Å². The zero-order valence-electron chi connectivity index (χ0n) is 9.42. The van der Waals surface area contributed by atoms with Crippen LogP contribution in [0.3, 0.4) is 0 Å². The molecule has 1 unspecified atom stereocenters. The van der Waals surface area contributed by atoms with Crippen LogP contribution in [-0.4, -0.2) is 35.6 Å². The van der Waals surface area contributed by atoms with Crippen molar-refractivity contribution in [2.45, 2.75) is 33.6 Å². The van der Waals surface area contributed by atoms with E-state index < -0.39 is 5.97 Å². The van der Waals surface area contributed by atoms with Gasteiger partial charge in [-0.2, -0.15) is 0 Å². The van der Waals surface area contributed by atoms with Crippen molar-refractivity contribution in [3.05, 3.63) is 0 Å². The van der Waals surface area contributed by atoms with E-state index in [0.717, 1.165) is 26.1 Å². The highest BCUT2D eigenvalue weighted by Gasteiger charge is 2.36. The van der Waals surface area contributed by atoms with Crippen molar-refractivity contribution in [3.8, 4) is 0 Å². The molecule has 1 aliphatic rings. The minimum Gasteiger partial charge on any atom is -0.481 e. The average Bonchev–Trinajstić information content (AvgIpc) is 2.07. The van der Waals surface area contributed by atoms with E-state index in [-0.39, 0.29) is 5.41 Å². The predicted octanol–water partition coefficient (Wildman–Crippen LogP) is 1.83. The molecular formula is C11H21NO2. The maximum Gasteiger partial charge on any atom is 0.303 e. The van der Waals surface area contributed by atoms with E-state index in [1.165, 1.54) is 0 Å². The standard InChI is InChI=1S/C11H21NO2/c1-4-12-6-5-9(7-10(13)14)11(2,3)8-12/h9H,4-8H2,1-3H3,(H,13,14). The maximum absolute atomic E-state index is 10.7. The second kappa shape index (κ2) is 4.30. The van der Waals surface area contributed by atoms with Crippen LogP contribution in [-0.2, 0) is 4.79 Å². The van der Waals surface area contributed by atoms with Gasteiger partial charge in [-0.05, 0) is 30.8 Å². The molecular weight excluding hydrogens is 178 g/mol. The highest BCUT2D eigenvalue weighted by Crippen LogP contribution is 2.36. The molecule has 1 saturated heterocycles. The second-order valence-corrected chi connectivity index (χ2v) is 4.94. The molecule has 0 saturated carbocycles. The summed E-state index contributed by atoms with van der Waals surface area (Å²) < 4.78 is 0. The third-order valence-corrected chi connectivity index (χ3v) is 3.40. The zero-order valence-corrected chi connectivity index (χ0v) is 9.42. The number of hydrogen-bond donors (Lipinski definition) is 1. The van der Waals surface area contributed by atoms with E-state index in [2.05, 4.69) is 25.7 Å². The largest absolute Gasteiger partial charge is 0.481 e. The highest BCUT2D eigenvalue weighted by molar-refractivity contribution is 5.67. The first kappa shape index (κ1) is 11.5. The molecule has 0 spiro atoms. The van der Waals surface area contributed by atoms with E-state index in [1.54, 1.807) is 0 Å². The molecule has 14 heavy (non-hydrogen) atoms. The normalized spacial score (nSPS) is 27.5. The Morgan fingerprint density at radius 3 is 2.64 bits per heavy atom. The summed E-state index contributed by atoms with van der Waals surface area (Å²) in [5.41, 5.74) is 0.145. The lowest BCUT2D eigenvalue weighted by atomic mass is 9.72. The van der Waals surface area contributed by atoms with Gasteiger partial charge in [0, 0.05) is 13.0 Å². The van der Waals surface area contributed by atoms with Gasteiger partial charge in [-0.3, -0.25) is 4.79 Å². The number of hydrogen-bond acceptors (Lipinski definition) is 2. The number of nitrogens with zero attached hydrogens (tertiary/aromatic N) is 1. The van der Waals surface area contributed by atoms with Crippen LogP contribution in [0.25, 0.3) is 0 Å². The van der Waals surface area contributed by atoms with Gasteiger partial charge in [0.1, 0.15) is 0 Å². The monoisotopic (exact) mass is 199 g/mol. The maximum atomic E-state index is 10.7. The predicted molar refractivity (Wildman–Crippen MR) is 56.3 cm³/mol. The van der Waals surface area contributed by atoms with Crippen molar-refractivity contribution in [2.24, 2.45) is 11.3 Å². The molecule has 3 heteroatoms. The van der Waals surface area contributed by atoms with E-state index in [4.69, 9.17) is 5.11 Å². The van der Waals surface area contributed by atoms with Gasteiger partial charge in [-0.1, -0.05) is 20.8 Å². The van der Waals surface area contributed by atoms with Gasteiger partial charge in [0.25, 0.3) is 0 Å². The average molecular weight is 199 g/mol. The molecule has 0 aromatic rings. The Hall–Kier alpha value is -0.570. The first-order valence-electron chi connectivity index (χ1n) is 5.40. The summed E-state index contributed by atoms with van der Waals surface area (Å²) in [6, 6.07) is 0. The summed E-state index contributed by atoms with van der Waals surface area (Å²) in [7, 11) is 0. The molecule has 0 amide bonds. The number of aliphatic carboxylic acids is 1. The molecule has 1 aliphatic heterocycles. The van der Waals surface area contributed by atoms with Crippen LogP contribution in [0.2, 0.25) is 0 Å². The van der Waals surface area contributed by atoms with Crippen molar-refractivity contribution in [2.75, 3.05) is 19.6 Å². The Morgan fingerprint density at radius 2 is 2.21 bits per heavy atom. The fourth-order valence-corrected chi connectivity index (χ4v) is 2.37. The quantitative estimate of drug-likeness (QED) is 0.754. The fraction of sp³-hybridized carbons (Fsp3) is 0.909. The molecule has 82 valence electrons. The van der Waals surface area contributed by atoms with Gasteiger partial charge in [0.05, 0.1) is 0 Å². The van der Waals surface area contributed by atoms with Crippen LogP contribution in [0.1, 0.15) is 33.6 Å². The lowest BCUT2D eigenvalue weighted by Crippen LogP contribution is -2.46. The number of rotatable bonds is 3. The van der Waals surface area contributed by atoms with Gasteiger partial charge < -0.3 is 10.0 Å². The number of carbonyl (C=O) groups is 1. The summed E-state index contributed by atoms with van der Waals surface area (Å²) in [5, 5.41) is 8.81. The summed E-state index contributed by atoms with van der Waals surface area (Å²) in [6.07, 6.45) is 1.34. The van der Waals surface area contributed by atoms with Crippen LogP contribution in [0.5, 0.6) is 0 Å². The first-order chi connectivity index (χ1) is 6.45. The summed E-state index contributed by atoms with van der Waals surface area (Å²) in [5.74, 6) is -0.323. The van der Waals surface area contributed by atoms with Crippen molar-refractivity contribution in [3.63, 3.8) is 0 Å². The third kappa shape index (κ3) is 2.71. The van der Waals surface area contributed by atoms with Gasteiger partial charge in [-0.15, -0.1) is 0 Å². The molecule has 3 nitrogen and oxygen atoms in total.